The Morgan fingerprint density at radius 3 is 2.67 bits per heavy atom. The molecule has 1 fully saturated rings. The van der Waals surface area contributed by atoms with Crippen molar-refractivity contribution in [2.24, 2.45) is 5.92 Å². The third-order valence-corrected chi connectivity index (χ3v) is 7.01. The second kappa shape index (κ2) is 7.22. The van der Waals surface area contributed by atoms with Crippen LogP contribution in [0.15, 0.2) is 16.3 Å². The summed E-state index contributed by atoms with van der Waals surface area (Å²) in [5, 5.41) is 5.17. The van der Waals surface area contributed by atoms with E-state index in [1.165, 1.54) is 24.2 Å². The first-order chi connectivity index (χ1) is 9.91. The highest BCUT2D eigenvalue weighted by atomic mass is 32.2. The monoisotopic (exact) mass is 330 g/mol. The van der Waals surface area contributed by atoms with Gasteiger partial charge in [0.2, 0.25) is 10.0 Å². The molecule has 0 aromatic carbocycles. The topological polar surface area (TPSA) is 49.4 Å². The van der Waals surface area contributed by atoms with Crippen LogP contribution < -0.4 is 5.32 Å². The van der Waals surface area contributed by atoms with E-state index in [1.807, 2.05) is 5.38 Å². The normalized spacial score (nSPS) is 17.2. The molecule has 0 spiro atoms. The van der Waals surface area contributed by atoms with Crippen molar-refractivity contribution in [3.8, 4) is 0 Å². The van der Waals surface area contributed by atoms with E-state index in [1.54, 1.807) is 17.4 Å². The van der Waals surface area contributed by atoms with Crippen LogP contribution in [0.25, 0.3) is 0 Å². The minimum Gasteiger partial charge on any atom is -0.310 e. The first-order valence-electron chi connectivity index (χ1n) is 7.67. The van der Waals surface area contributed by atoms with E-state index < -0.39 is 10.0 Å². The lowest BCUT2D eigenvalue weighted by Gasteiger charge is -2.21. The molecule has 1 aliphatic rings. The molecule has 0 atom stereocenters. The summed E-state index contributed by atoms with van der Waals surface area (Å²) < 4.78 is 27.0. The molecular weight excluding hydrogens is 304 g/mol. The zero-order valence-corrected chi connectivity index (χ0v) is 14.8. The largest absolute Gasteiger partial charge is 0.310 e. The van der Waals surface area contributed by atoms with Crippen LogP contribution in [0.3, 0.4) is 0 Å². The minimum atomic E-state index is -3.36. The van der Waals surface area contributed by atoms with E-state index in [-0.39, 0.29) is 0 Å². The Balaban J connectivity index is 2.09. The molecule has 1 heterocycles. The van der Waals surface area contributed by atoms with Gasteiger partial charge in [0.1, 0.15) is 0 Å². The second-order valence-corrected chi connectivity index (χ2v) is 9.19. The van der Waals surface area contributed by atoms with Crippen molar-refractivity contribution in [1.29, 1.82) is 0 Å². The summed E-state index contributed by atoms with van der Waals surface area (Å²) in [6, 6.07) is 2.08. The second-order valence-electron chi connectivity index (χ2n) is 6.18. The van der Waals surface area contributed by atoms with Crippen LogP contribution in [0.1, 0.15) is 44.4 Å². The lowest BCUT2D eigenvalue weighted by molar-refractivity contribution is 0.387. The molecule has 1 aromatic heterocycles. The number of hydrogen-bond donors (Lipinski definition) is 1. The Bertz CT molecular complexity index is 546. The maximum atomic E-state index is 12.8. The minimum absolute atomic E-state index is 0.346. The lowest BCUT2D eigenvalue weighted by atomic mass is 10.1. The molecule has 0 bridgehead atoms. The Hall–Kier alpha value is -0.430. The van der Waals surface area contributed by atoms with Gasteiger partial charge in [-0.2, -0.15) is 0 Å². The molecular formula is C15H26N2O2S2. The van der Waals surface area contributed by atoms with E-state index >= 15 is 0 Å². The molecule has 0 saturated heterocycles. The standard InChI is InChI=1S/C15H26N2O2S2/c1-12(2)16-10-14-15(8-9-20-14)21(18,19)17(3)11-13-6-4-5-7-13/h8-9,12-13,16H,4-7,10-11H2,1-3H3. The van der Waals surface area contributed by atoms with Crippen molar-refractivity contribution < 1.29 is 8.42 Å². The summed E-state index contributed by atoms with van der Waals surface area (Å²) in [5.41, 5.74) is 0. The molecule has 0 amide bonds. The van der Waals surface area contributed by atoms with Crippen LogP contribution in [0.4, 0.5) is 0 Å². The Morgan fingerprint density at radius 2 is 2.05 bits per heavy atom. The number of thiophene rings is 1. The number of nitrogens with one attached hydrogen (secondary N) is 1. The van der Waals surface area contributed by atoms with Gasteiger partial charge < -0.3 is 5.32 Å². The van der Waals surface area contributed by atoms with Crippen molar-refractivity contribution in [2.75, 3.05) is 13.6 Å². The van der Waals surface area contributed by atoms with Crippen LogP contribution in [0, 0.1) is 5.92 Å². The maximum absolute atomic E-state index is 12.8. The van der Waals surface area contributed by atoms with Crippen molar-refractivity contribution in [2.45, 2.75) is 57.0 Å². The first-order valence-corrected chi connectivity index (χ1v) is 9.99. The van der Waals surface area contributed by atoms with Gasteiger partial charge in [-0.1, -0.05) is 26.7 Å². The molecule has 0 radical (unpaired) electrons. The van der Waals surface area contributed by atoms with Gasteiger partial charge >= 0.3 is 0 Å². The SMILES string of the molecule is CC(C)NCc1sccc1S(=O)(=O)N(C)CC1CCCC1. The lowest BCUT2D eigenvalue weighted by Crippen LogP contribution is -2.32. The van der Waals surface area contributed by atoms with E-state index in [2.05, 4.69) is 19.2 Å². The van der Waals surface area contributed by atoms with Gasteiger partial charge in [0.05, 0.1) is 4.90 Å². The van der Waals surface area contributed by atoms with Crippen LogP contribution in [-0.4, -0.2) is 32.4 Å². The van der Waals surface area contributed by atoms with Crippen molar-refractivity contribution in [3.05, 3.63) is 16.3 Å². The van der Waals surface area contributed by atoms with Crippen molar-refractivity contribution >= 4 is 21.4 Å². The summed E-state index contributed by atoms with van der Waals surface area (Å²) in [6.07, 6.45) is 4.79. The molecule has 1 aliphatic carbocycles. The number of rotatable bonds is 7. The van der Waals surface area contributed by atoms with Gasteiger partial charge in [-0.3, -0.25) is 0 Å². The predicted octanol–water partition coefficient (Wildman–Crippen LogP) is 3.06. The van der Waals surface area contributed by atoms with Gasteiger partial charge in [-0.25, -0.2) is 12.7 Å². The highest BCUT2D eigenvalue weighted by molar-refractivity contribution is 7.89. The van der Waals surface area contributed by atoms with Gasteiger partial charge in [0.15, 0.2) is 0 Å². The fraction of sp³-hybridized carbons (Fsp3) is 0.733. The summed E-state index contributed by atoms with van der Waals surface area (Å²) in [6.45, 7) is 5.39. The highest BCUT2D eigenvalue weighted by Gasteiger charge is 2.27. The summed E-state index contributed by atoms with van der Waals surface area (Å²) in [4.78, 5) is 1.38. The molecule has 1 N–H and O–H groups in total. The number of nitrogens with zero attached hydrogens (tertiary/aromatic N) is 1. The molecule has 1 saturated carbocycles. The molecule has 1 aromatic rings. The molecule has 6 heteroatoms. The van der Waals surface area contributed by atoms with E-state index in [0.29, 0.717) is 29.9 Å². The molecule has 120 valence electrons. The molecule has 2 rings (SSSR count). The first kappa shape index (κ1) is 16.9. The smallest absolute Gasteiger partial charge is 0.243 e. The Labute approximate surface area is 132 Å². The van der Waals surface area contributed by atoms with Crippen LogP contribution in [0.2, 0.25) is 0 Å². The molecule has 0 unspecified atom stereocenters. The summed E-state index contributed by atoms with van der Waals surface area (Å²) in [7, 11) is -1.64. The third-order valence-electron chi connectivity index (χ3n) is 4.05. The van der Waals surface area contributed by atoms with Crippen molar-refractivity contribution in [1.82, 2.24) is 9.62 Å². The quantitative estimate of drug-likeness (QED) is 0.836. The zero-order valence-electron chi connectivity index (χ0n) is 13.1. The predicted molar refractivity (Wildman–Crippen MR) is 88.1 cm³/mol. The highest BCUT2D eigenvalue weighted by Crippen LogP contribution is 2.29. The van der Waals surface area contributed by atoms with Gasteiger partial charge in [-0.05, 0) is 30.2 Å². The Kier molecular flexibility index (Phi) is 5.82. The van der Waals surface area contributed by atoms with Gasteiger partial charge in [-0.15, -0.1) is 11.3 Å². The average Bonchev–Trinajstić information content (AvgIpc) is 3.06. The fourth-order valence-electron chi connectivity index (χ4n) is 2.81. The average molecular weight is 331 g/mol. The van der Waals surface area contributed by atoms with Gasteiger partial charge in [0, 0.05) is 31.1 Å². The van der Waals surface area contributed by atoms with Gasteiger partial charge in [0.25, 0.3) is 0 Å². The Morgan fingerprint density at radius 1 is 1.38 bits per heavy atom. The third kappa shape index (κ3) is 4.28. The number of sulfonamides is 1. The van der Waals surface area contributed by atoms with Crippen LogP contribution >= 0.6 is 11.3 Å². The number of hydrogen-bond acceptors (Lipinski definition) is 4. The van der Waals surface area contributed by atoms with Crippen molar-refractivity contribution in [3.63, 3.8) is 0 Å². The fourth-order valence-corrected chi connectivity index (χ4v) is 5.42. The van der Waals surface area contributed by atoms with E-state index in [0.717, 1.165) is 17.7 Å². The molecule has 21 heavy (non-hydrogen) atoms. The maximum Gasteiger partial charge on any atom is 0.243 e. The van der Waals surface area contributed by atoms with Crippen LogP contribution in [0.5, 0.6) is 0 Å². The molecule has 4 nitrogen and oxygen atoms in total. The summed E-state index contributed by atoms with van der Waals surface area (Å²) >= 11 is 1.51. The molecule has 0 aliphatic heterocycles. The zero-order chi connectivity index (χ0) is 15.5. The van der Waals surface area contributed by atoms with Crippen LogP contribution in [-0.2, 0) is 16.6 Å². The summed E-state index contributed by atoms with van der Waals surface area (Å²) in [5.74, 6) is 0.528. The van der Waals surface area contributed by atoms with E-state index in [9.17, 15) is 8.42 Å². The van der Waals surface area contributed by atoms with E-state index in [4.69, 9.17) is 0 Å².